The number of carbonyl (C=O) groups is 1. The Morgan fingerprint density at radius 1 is 1.75 bits per heavy atom. The van der Waals surface area contributed by atoms with Crippen molar-refractivity contribution >= 4 is 17.2 Å². The van der Waals surface area contributed by atoms with Crippen LogP contribution in [0.2, 0.25) is 0 Å². The zero-order valence-corrected chi connectivity index (χ0v) is 5.66. The third-order valence-electron chi connectivity index (χ3n) is 0.382. The fourth-order valence-corrected chi connectivity index (χ4v) is 0.505. The number of hydrogen-bond donors (Lipinski definition) is 2. The summed E-state index contributed by atoms with van der Waals surface area (Å²) in [5.41, 5.74) is 0. The summed E-state index contributed by atoms with van der Waals surface area (Å²) in [6.45, 7) is 3.77. The molecule has 3 nitrogen and oxygen atoms in total. The first-order chi connectivity index (χ1) is 3.63. The molecule has 0 aromatic heterocycles. The molecular weight excluding hydrogens is 126 g/mol. The van der Waals surface area contributed by atoms with E-state index in [4.69, 9.17) is 5.11 Å². The van der Waals surface area contributed by atoms with Crippen LogP contribution in [0.15, 0.2) is 0 Å². The summed E-state index contributed by atoms with van der Waals surface area (Å²) in [6.07, 6.45) is 0. The third-order valence-corrected chi connectivity index (χ3v) is 1.15. The molecule has 0 radical (unpaired) electrons. The summed E-state index contributed by atoms with van der Waals surface area (Å²) in [5.74, 6) is 0. The molecule has 0 aromatic carbocycles. The van der Waals surface area contributed by atoms with Crippen LogP contribution in [0.1, 0.15) is 13.8 Å². The number of carboxylic acid groups (broad SMARTS) is 1. The van der Waals surface area contributed by atoms with E-state index in [1.54, 1.807) is 0 Å². The van der Waals surface area contributed by atoms with Gasteiger partial charge in [-0.1, -0.05) is 0 Å². The van der Waals surface area contributed by atoms with Crippen LogP contribution < -0.4 is 4.72 Å². The molecule has 0 unspecified atom stereocenters. The van der Waals surface area contributed by atoms with Crippen LogP contribution in [-0.4, -0.2) is 16.4 Å². The van der Waals surface area contributed by atoms with Crippen LogP contribution in [0.3, 0.4) is 0 Å². The number of hydrogen-bond acceptors (Lipinski definition) is 3. The van der Waals surface area contributed by atoms with Crippen molar-refractivity contribution in [2.24, 2.45) is 0 Å². The van der Waals surface area contributed by atoms with E-state index in [-0.39, 0.29) is 6.04 Å². The molecule has 8 heavy (non-hydrogen) atoms. The Morgan fingerprint density at radius 2 is 2.25 bits per heavy atom. The van der Waals surface area contributed by atoms with Gasteiger partial charge in [-0.05, 0) is 13.8 Å². The summed E-state index contributed by atoms with van der Waals surface area (Å²) in [5, 5.41) is 7.17. The van der Waals surface area contributed by atoms with Gasteiger partial charge in [-0.15, -0.1) is 0 Å². The van der Waals surface area contributed by atoms with Gasteiger partial charge in [-0.2, -0.15) is 0 Å². The average molecular weight is 135 g/mol. The zero-order valence-electron chi connectivity index (χ0n) is 4.84. The molecule has 48 valence electrons. The molecule has 4 heteroatoms. The molecule has 2 N–H and O–H groups in total. The SMILES string of the molecule is CC(C)NSC(=O)O. The first kappa shape index (κ1) is 7.78. The zero-order chi connectivity index (χ0) is 6.57. The van der Waals surface area contributed by atoms with Crippen molar-refractivity contribution < 1.29 is 9.90 Å². The molecule has 0 saturated carbocycles. The predicted molar refractivity (Wildman–Crippen MR) is 33.9 cm³/mol. The van der Waals surface area contributed by atoms with Crippen LogP contribution in [-0.2, 0) is 0 Å². The lowest BCUT2D eigenvalue weighted by molar-refractivity contribution is 0.222. The standard InChI is InChI=1S/C4H9NO2S/c1-3(2)5-8-4(6)7/h3,5H,1-2H3,(H,6,7). The Bertz CT molecular complexity index is 84.1. The van der Waals surface area contributed by atoms with Gasteiger partial charge in [0, 0.05) is 18.0 Å². The highest BCUT2D eigenvalue weighted by Crippen LogP contribution is 1.95. The lowest BCUT2D eigenvalue weighted by atomic mass is 10.4. The van der Waals surface area contributed by atoms with Gasteiger partial charge in [0.15, 0.2) is 0 Å². The Kier molecular flexibility index (Phi) is 3.64. The van der Waals surface area contributed by atoms with Crippen molar-refractivity contribution in [1.82, 2.24) is 4.72 Å². The highest BCUT2D eigenvalue weighted by molar-refractivity contribution is 8.11. The van der Waals surface area contributed by atoms with E-state index >= 15 is 0 Å². The molecule has 0 aliphatic heterocycles. The van der Waals surface area contributed by atoms with Crippen LogP contribution in [0, 0.1) is 0 Å². The van der Waals surface area contributed by atoms with Crippen molar-refractivity contribution in [2.45, 2.75) is 19.9 Å². The molecule has 0 amide bonds. The van der Waals surface area contributed by atoms with Crippen LogP contribution in [0.5, 0.6) is 0 Å². The maximum absolute atomic E-state index is 9.80. The minimum atomic E-state index is -0.890. The normalized spacial score (nSPS) is 9.88. The molecule has 0 rings (SSSR count). The van der Waals surface area contributed by atoms with Crippen LogP contribution in [0.25, 0.3) is 0 Å². The fourth-order valence-electron chi connectivity index (χ4n) is 0.168. The van der Waals surface area contributed by atoms with E-state index in [1.165, 1.54) is 0 Å². The minimum Gasteiger partial charge on any atom is -0.472 e. The maximum Gasteiger partial charge on any atom is 0.380 e. The van der Waals surface area contributed by atoms with Crippen molar-refractivity contribution in [3.63, 3.8) is 0 Å². The third kappa shape index (κ3) is 5.78. The van der Waals surface area contributed by atoms with E-state index in [0.717, 1.165) is 0 Å². The Hall–Kier alpha value is -0.220. The summed E-state index contributed by atoms with van der Waals surface area (Å²) in [4.78, 5) is 9.80. The molecule has 0 saturated heterocycles. The second-order valence-electron chi connectivity index (χ2n) is 1.64. The van der Waals surface area contributed by atoms with Crippen molar-refractivity contribution in [3.05, 3.63) is 0 Å². The molecule has 0 aromatic rings. The summed E-state index contributed by atoms with van der Waals surface area (Å²) >= 11 is 0.706. The monoisotopic (exact) mass is 135 g/mol. The highest BCUT2D eigenvalue weighted by atomic mass is 32.2. The smallest absolute Gasteiger partial charge is 0.380 e. The van der Waals surface area contributed by atoms with Gasteiger partial charge in [0.1, 0.15) is 0 Å². The summed E-state index contributed by atoms with van der Waals surface area (Å²) in [7, 11) is 0. The number of nitrogens with one attached hydrogen (secondary N) is 1. The first-order valence-electron chi connectivity index (χ1n) is 2.28. The van der Waals surface area contributed by atoms with Gasteiger partial charge in [0.05, 0.1) is 0 Å². The largest absolute Gasteiger partial charge is 0.472 e. The van der Waals surface area contributed by atoms with Crippen molar-refractivity contribution in [1.29, 1.82) is 0 Å². The van der Waals surface area contributed by atoms with E-state index in [9.17, 15) is 4.79 Å². The van der Waals surface area contributed by atoms with Gasteiger partial charge < -0.3 is 5.11 Å². The average Bonchev–Trinajstić information content (AvgIpc) is 1.61. The molecule has 0 aliphatic rings. The van der Waals surface area contributed by atoms with E-state index in [2.05, 4.69) is 4.72 Å². The van der Waals surface area contributed by atoms with Gasteiger partial charge in [0.25, 0.3) is 0 Å². The Morgan fingerprint density at radius 3 is 2.38 bits per heavy atom. The van der Waals surface area contributed by atoms with Gasteiger partial charge >= 0.3 is 5.30 Å². The lowest BCUT2D eigenvalue weighted by Crippen LogP contribution is -2.15. The number of rotatable bonds is 2. The van der Waals surface area contributed by atoms with Crippen molar-refractivity contribution in [3.8, 4) is 0 Å². The molecule has 0 spiro atoms. The van der Waals surface area contributed by atoms with Gasteiger partial charge in [-0.3, -0.25) is 4.72 Å². The molecule has 0 bridgehead atoms. The fraction of sp³-hybridized carbons (Fsp3) is 0.750. The van der Waals surface area contributed by atoms with Crippen LogP contribution in [0.4, 0.5) is 4.79 Å². The van der Waals surface area contributed by atoms with E-state index < -0.39 is 5.30 Å². The second kappa shape index (κ2) is 3.74. The topological polar surface area (TPSA) is 49.3 Å². The summed E-state index contributed by atoms with van der Waals surface area (Å²) in [6, 6.07) is 0.219. The molecule has 0 heterocycles. The Labute approximate surface area is 52.6 Å². The minimum absolute atomic E-state index is 0.219. The lowest BCUT2D eigenvalue weighted by Gasteiger charge is -2.00. The highest BCUT2D eigenvalue weighted by Gasteiger charge is 1.96. The van der Waals surface area contributed by atoms with E-state index in [0.29, 0.717) is 11.9 Å². The first-order valence-corrected chi connectivity index (χ1v) is 3.10. The molecular formula is C4H9NO2S. The second-order valence-corrected chi connectivity index (χ2v) is 2.43. The quantitative estimate of drug-likeness (QED) is 0.560. The molecule has 0 aliphatic carbocycles. The van der Waals surface area contributed by atoms with E-state index in [1.807, 2.05) is 13.8 Å². The molecule has 0 fully saturated rings. The van der Waals surface area contributed by atoms with Gasteiger partial charge in [-0.25, -0.2) is 4.79 Å². The summed E-state index contributed by atoms with van der Waals surface area (Å²) < 4.78 is 2.66. The predicted octanol–water partition coefficient (Wildman–Crippen LogP) is 1.31. The Balaban J connectivity index is 3.05. The van der Waals surface area contributed by atoms with Crippen LogP contribution >= 0.6 is 11.9 Å². The van der Waals surface area contributed by atoms with Gasteiger partial charge in [0.2, 0.25) is 0 Å². The van der Waals surface area contributed by atoms with Crippen molar-refractivity contribution in [2.75, 3.05) is 0 Å². The maximum atomic E-state index is 9.80. The molecule has 0 atom stereocenters.